The molecule has 3 rings (SSSR count). The van der Waals surface area contributed by atoms with E-state index in [0.717, 1.165) is 43.8 Å². The number of carbonyl (C=O) groups excluding carboxylic acids is 1. The van der Waals surface area contributed by atoms with Crippen molar-refractivity contribution in [3.63, 3.8) is 0 Å². The number of rotatable bonds is 8. The third-order valence-corrected chi connectivity index (χ3v) is 8.33. The van der Waals surface area contributed by atoms with Gasteiger partial charge in [0.05, 0.1) is 4.90 Å². The molecule has 1 N–H and O–H groups in total. The number of hydrogen-bond donors (Lipinski definition) is 1. The lowest BCUT2D eigenvalue weighted by Crippen LogP contribution is -2.40. The van der Waals surface area contributed by atoms with Crippen LogP contribution in [0.25, 0.3) is 0 Å². The van der Waals surface area contributed by atoms with E-state index in [9.17, 15) is 13.2 Å². The Morgan fingerprint density at radius 3 is 2.47 bits per heavy atom. The Hall–Kier alpha value is -1.44. The summed E-state index contributed by atoms with van der Waals surface area (Å²) in [5.41, 5.74) is 1.05. The molecule has 0 unspecified atom stereocenters. The summed E-state index contributed by atoms with van der Waals surface area (Å²) in [5, 5.41) is 3.06. The van der Waals surface area contributed by atoms with Crippen LogP contribution in [0.15, 0.2) is 29.2 Å². The van der Waals surface area contributed by atoms with Crippen molar-refractivity contribution < 1.29 is 13.2 Å². The molecule has 2 fully saturated rings. The first-order valence-corrected chi connectivity index (χ1v) is 12.8. The zero-order chi connectivity index (χ0) is 21.6. The number of aryl methyl sites for hydroxylation is 1. The fourth-order valence-corrected chi connectivity index (χ4v) is 6.04. The molecule has 7 heteroatoms. The van der Waals surface area contributed by atoms with Crippen LogP contribution in [-0.4, -0.2) is 62.8 Å². The second-order valence-electron chi connectivity index (χ2n) is 9.12. The van der Waals surface area contributed by atoms with Crippen LogP contribution in [0.5, 0.6) is 0 Å². The predicted octanol–water partition coefficient (Wildman–Crippen LogP) is 3.02. The maximum atomic E-state index is 12.8. The molecule has 6 nitrogen and oxygen atoms in total. The van der Waals surface area contributed by atoms with Crippen LogP contribution < -0.4 is 5.32 Å². The van der Waals surface area contributed by atoms with Crippen molar-refractivity contribution in [1.29, 1.82) is 0 Å². The molecule has 1 aromatic carbocycles. The minimum absolute atomic E-state index is 0.0989. The molecule has 168 valence electrons. The summed E-state index contributed by atoms with van der Waals surface area (Å²) in [4.78, 5) is 15.1. The van der Waals surface area contributed by atoms with Gasteiger partial charge in [-0.15, -0.1) is 0 Å². The summed E-state index contributed by atoms with van der Waals surface area (Å²) in [6, 6.07) is 7.01. The number of nitrogens with one attached hydrogen (secondary N) is 1. The minimum atomic E-state index is -3.43. The van der Waals surface area contributed by atoms with Crippen LogP contribution in [0.1, 0.15) is 51.0 Å². The van der Waals surface area contributed by atoms with Gasteiger partial charge in [-0.25, -0.2) is 8.42 Å². The molecule has 0 bridgehead atoms. The summed E-state index contributed by atoms with van der Waals surface area (Å²) in [5.74, 6) is 1.15. The Morgan fingerprint density at radius 2 is 1.80 bits per heavy atom. The molecule has 1 amide bonds. The van der Waals surface area contributed by atoms with Gasteiger partial charge in [0, 0.05) is 32.6 Å². The van der Waals surface area contributed by atoms with Gasteiger partial charge in [0.25, 0.3) is 0 Å². The van der Waals surface area contributed by atoms with Gasteiger partial charge in [-0.1, -0.05) is 24.6 Å². The average Bonchev–Trinajstić information content (AvgIpc) is 2.72. The van der Waals surface area contributed by atoms with Crippen molar-refractivity contribution in [1.82, 2.24) is 14.5 Å². The van der Waals surface area contributed by atoms with E-state index in [2.05, 4.69) is 17.1 Å². The molecular weight excluding hydrogens is 398 g/mol. The van der Waals surface area contributed by atoms with Gasteiger partial charge in [-0.3, -0.25) is 4.79 Å². The molecule has 30 heavy (non-hydrogen) atoms. The van der Waals surface area contributed by atoms with E-state index in [1.165, 1.54) is 25.9 Å². The van der Waals surface area contributed by atoms with E-state index < -0.39 is 10.0 Å². The monoisotopic (exact) mass is 435 g/mol. The van der Waals surface area contributed by atoms with Gasteiger partial charge in [-0.05, 0) is 76.1 Å². The number of likely N-dealkylation sites (tertiary alicyclic amines) is 1. The predicted molar refractivity (Wildman–Crippen MR) is 120 cm³/mol. The molecule has 0 aliphatic carbocycles. The van der Waals surface area contributed by atoms with Gasteiger partial charge >= 0.3 is 0 Å². The van der Waals surface area contributed by atoms with Crippen molar-refractivity contribution in [3.05, 3.63) is 29.8 Å². The highest BCUT2D eigenvalue weighted by Gasteiger charge is 2.30. The number of piperidine rings is 2. The molecule has 0 aromatic heterocycles. The zero-order valence-electron chi connectivity index (χ0n) is 18.5. The summed E-state index contributed by atoms with van der Waals surface area (Å²) in [6.45, 7) is 9.37. The average molecular weight is 436 g/mol. The highest BCUT2D eigenvalue weighted by molar-refractivity contribution is 7.89. The van der Waals surface area contributed by atoms with E-state index in [0.29, 0.717) is 24.4 Å². The van der Waals surface area contributed by atoms with E-state index in [4.69, 9.17) is 0 Å². The lowest BCUT2D eigenvalue weighted by Gasteiger charge is -2.31. The highest BCUT2D eigenvalue weighted by Crippen LogP contribution is 2.25. The van der Waals surface area contributed by atoms with Crippen molar-refractivity contribution in [2.24, 2.45) is 11.8 Å². The fraction of sp³-hybridized carbons (Fsp3) is 0.696. The maximum absolute atomic E-state index is 12.8. The number of benzene rings is 1. The second kappa shape index (κ2) is 10.7. The first kappa shape index (κ1) is 23.2. The molecule has 2 aliphatic rings. The van der Waals surface area contributed by atoms with E-state index in [-0.39, 0.29) is 11.8 Å². The third-order valence-electron chi connectivity index (χ3n) is 6.42. The molecule has 2 heterocycles. The molecule has 1 aromatic rings. The van der Waals surface area contributed by atoms with Crippen LogP contribution in [0.3, 0.4) is 0 Å². The van der Waals surface area contributed by atoms with E-state index in [1.54, 1.807) is 16.4 Å². The van der Waals surface area contributed by atoms with Crippen LogP contribution in [-0.2, 0) is 14.8 Å². The molecular formula is C23H37N3O3S. The first-order valence-electron chi connectivity index (χ1n) is 11.4. The maximum Gasteiger partial charge on any atom is 0.243 e. The topological polar surface area (TPSA) is 69.7 Å². The smallest absolute Gasteiger partial charge is 0.243 e. The first-order chi connectivity index (χ1) is 14.3. The Morgan fingerprint density at radius 1 is 1.10 bits per heavy atom. The molecule has 0 spiro atoms. The van der Waals surface area contributed by atoms with Crippen LogP contribution in [0, 0.1) is 18.8 Å². The third kappa shape index (κ3) is 6.53. The Bertz CT molecular complexity index is 786. The van der Waals surface area contributed by atoms with Gasteiger partial charge in [0.2, 0.25) is 15.9 Å². The summed E-state index contributed by atoms with van der Waals surface area (Å²) in [7, 11) is -3.43. The number of carbonyl (C=O) groups is 1. The fourth-order valence-electron chi connectivity index (χ4n) is 4.57. The highest BCUT2D eigenvalue weighted by atomic mass is 32.2. The van der Waals surface area contributed by atoms with Crippen molar-refractivity contribution in [2.75, 3.05) is 39.3 Å². The Kier molecular flexibility index (Phi) is 8.31. The normalized spacial score (nSPS) is 22.1. The Labute approximate surface area is 182 Å². The van der Waals surface area contributed by atoms with E-state index >= 15 is 0 Å². The molecule has 2 saturated heterocycles. The molecule has 0 radical (unpaired) electrons. The van der Waals surface area contributed by atoms with Crippen molar-refractivity contribution in [3.8, 4) is 0 Å². The SMILES string of the molecule is Cc1ccc(S(=O)(=O)N2CCC(CC(=O)NCCCN3CCC[C@H](C)C3)CC2)cc1. The second-order valence-corrected chi connectivity index (χ2v) is 11.1. The largest absolute Gasteiger partial charge is 0.356 e. The molecule has 0 saturated carbocycles. The summed E-state index contributed by atoms with van der Waals surface area (Å²) >= 11 is 0. The quantitative estimate of drug-likeness (QED) is 0.637. The lowest BCUT2D eigenvalue weighted by atomic mass is 9.94. The van der Waals surface area contributed by atoms with Crippen LogP contribution in [0.4, 0.5) is 0 Å². The van der Waals surface area contributed by atoms with Gasteiger partial charge in [0.1, 0.15) is 0 Å². The summed E-state index contributed by atoms with van der Waals surface area (Å²) in [6.07, 6.45) is 5.59. The van der Waals surface area contributed by atoms with Gasteiger partial charge < -0.3 is 10.2 Å². The Balaban J connectivity index is 1.35. The molecule has 2 aliphatic heterocycles. The van der Waals surface area contributed by atoms with Crippen molar-refractivity contribution >= 4 is 15.9 Å². The minimum Gasteiger partial charge on any atom is -0.356 e. The van der Waals surface area contributed by atoms with Gasteiger partial charge in [0.15, 0.2) is 0 Å². The van der Waals surface area contributed by atoms with Crippen LogP contribution in [0.2, 0.25) is 0 Å². The van der Waals surface area contributed by atoms with Gasteiger partial charge in [-0.2, -0.15) is 4.31 Å². The number of nitrogens with zero attached hydrogens (tertiary/aromatic N) is 2. The number of sulfonamides is 1. The van der Waals surface area contributed by atoms with Crippen LogP contribution >= 0.6 is 0 Å². The summed E-state index contributed by atoms with van der Waals surface area (Å²) < 4.78 is 27.2. The standard InChI is InChI=1S/C23H37N3O3S/c1-19-6-8-22(9-7-19)30(28,29)26-15-10-21(11-16-26)17-23(27)24-12-4-14-25-13-3-5-20(2)18-25/h6-9,20-21H,3-5,10-18H2,1-2H3,(H,24,27)/t20-/m0/s1. The number of amides is 1. The molecule has 1 atom stereocenters. The van der Waals surface area contributed by atoms with E-state index in [1.807, 2.05) is 19.1 Å². The lowest BCUT2D eigenvalue weighted by molar-refractivity contribution is -0.122. The zero-order valence-corrected chi connectivity index (χ0v) is 19.3. The van der Waals surface area contributed by atoms with Crippen molar-refractivity contribution in [2.45, 2.75) is 57.3 Å². The number of hydrogen-bond acceptors (Lipinski definition) is 4.